The second-order valence-corrected chi connectivity index (χ2v) is 7.57. The lowest BCUT2D eigenvalue weighted by Gasteiger charge is -2.36. The zero-order valence-corrected chi connectivity index (χ0v) is 14.5. The summed E-state index contributed by atoms with van der Waals surface area (Å²) in [5.41, 5.74) is 0.467. The number of hydrogen-bond donors (Lipinski definition) is 0. The van der Waals surface area contributed by atoms with Gasteiger partial charge in [0.25, 0.3) is 0 Å². The van der Waals surface area contributed by atoms with Gasteiger partial charge in [0.1, 0.15) is 0 Å². The molecule has 0 aromatic carbocycles. The summed E-state index contributed by atoms with van der Waals surface area (Å²) >= 11 is 0. The molecule has 0 atom stereocenters. The summed E-state index contributed by atoms with van der Waals surface area (Å²) in [4.78, 5) is 3.38. The first kappa shape index (κ1) is 17.4. The quantitative estimate of drug-likeness (QED) is 0.498. The van der Waals surface area contributed by atoms with Crippen molar-refractivity contribution in [1.29, 1.82) is 0 Å². The first-order chi connectivity index (χ1) is 11.7. The Labute approximate surface area is 144 Å². The normalized spacial score (nSPS) is 30.5. The van der Waals surface area contributed by atoms with Crippen LogP contribution in [0.3, 0.4) is 0 Å². The number of pyridine rings is 1. The lowest BCUT2D eigenvalue weighted by Crippen LogP contribution is -2.25. The molecule has 0 spiro atoms. The van der Waals surface area contributed by atoms with Gasteiger partial charge in [0.15, 0.2) is 5.82 Å². The molecule has 0 aliphatic heterocycles. The van der Waals surface area contributed by atoms with Crippen LogP contribution in [0.4, 0.5) is 8.78 Å². The van der Waals surface area contributed by atoms with E-state index in [1.807, 2.05) is 0 Å². The predicted molar refractivity (Wildman–Crippen MR) is 92.2 cm³/mol. The fourth-order valence-electron chi connectivity index (χ4n) is 4.48. The van der Waals surface area contributed by atoms with Crippen LogP contribution in [-0.2, 0) is 0 Å². The molecule has 1 aromatic heterocycles. The first-order valence-electron chi connectivity index (χ1n) is 9.48. The van der Waals surface area contributed by atoms with Gasteiger partial charge in [0.2, 0.25) is 5.95 Å². The number of aromatic nitrogens is 1. The Kier molecular flexibility index (Phi) is 5.87. The summed E-state index contributed by atoms with van der Waals surface area (Å²) in [6.07, 6.45) is 13.2. The van der Waals surface area contributed by atoms with Crippen LogP contribution in [0.25, 0.3) is 0 Å². The van der Waals surface area contributed by atoms with E-state index in [0.29, 0.717) is 11.5 Å². The Morgan fingerprint density at radius 2 is 1.62 bits per heavy atom. The summed E-state index contributed by atoms with van der Waals surface area (Å²) in [5, 5.41) is 0. The van der Waals surface area contributed by atoms with Crippen molar-refractivity contribution in [2.24, 2.45) is 23.7 Å². The third kappa shape index (κ3) is 4.35. The molecule has 3 heteroatoms. The van der Waals surface area contributed by atoms with Gasteiger partial charge in [-0.1, -0.05) is 38.0 Å². The fourth-order valence-corrected chi connectivity index (χ4v) is 4.48. The summed E-state index contributed by atoms with van der Waals surface area (Å²) in [6.45, 7) is 2.32. The zero-order chi connectivity index (χ0) is 16.9. The molecule has 2 aliphatic carbocycles. The van der Waals surface area contributed by atoms with Gasteiger partial charge in [-0.25, -0.2) is 9.37 Å². The molecule has 0 amide bonds. The van der Waals surface area contributed by atoms with Gasteiger partial charge in [-0.3, -0.25) is 0 Å². The van der Waals surface area contributed by atoms with Gasteiger partial charge in [-0.2, -0.15) is 4.39 Å². The van der Waals surface area contributed by atoms with Crippen LogP contribution in [0.2, 0.25) is 0 Å². The summed E-state index contributed by atoms with van der Waals surface area (Å²) in [5.74, 6) is 7.40. The van der Waals surface area contributed by atoms with E-state index in [4.69, 9.17) is 0 Å². The van der Waals surface area contributed by atoms with Crippen molar-refractivity contribution < 1.29 is 8.78 Å². The van der Waals surface area contributed by atoms with Crippen LogP contribution in [0.15, 0.2) is 12.3 Å². The zero-order valence-electron chi connectivity index (χ0n) is 14.5. The molecule has 0 bridgehead atoms. The molecule has 2 fully saturated rings. The van der Waals surface area contributed by atoms with Gasteiger partial charge in [-0.15, -0.1) is 0 Å². The van der Waals surface area contributed by atoms with Crippen molar-refractivity contribution >= 4 is 0 Å². The van der Waals surface area contributed by atoms with Crippen molar-refractivity contribution in [2.75, 3.05) is 0 Å². The Balaban J connectivity index is 1.49. The van der Waals surface area contributed by atoms with E-state index in [-0.39, 0.29) is 0 Å². The Hall–Kier alpha value is -1.43. The maximum atomic E-state index is 13.1. The van der Waals surface area contributed by atoms with Gasteiger partial charge in [0, 0.05) is 17.7 Å². The number of hydrogen-bond acceptors (Lipinski definition) is 1. The molecule has 2 saturated carbocycles. The predicted octanol–water partition coefficient (Wildman–Crippen LogP) is 5.73. The molecule has 130 valence electrons. The van der Waals surface area contributed by atoms with Crippen molar-refractivity contribution in [2.45, 2.75) is 64.7 Å². The fraction of sp³-hybridized carbons (Fsp3) is 0.667. The minimum absolute atomic E-state index is 0.390. The minimum Gasteiger partial charge on any atom is -0.224 e. The van der Waals surface area contributed by atoms with Gasteiger partial charge in [0.05, 0.1) is 0 Å². The number of halogens is 2. The largest absolute Gasteiger partial charge is 0.248 e. The number of nitrogens with zero attached hydrogens (tertiary/aromatic N) is 1. The highest BCUT2D eigenvalue weighted by molar-refractivity contribution is 5.32. The van der Waals surface area contributed by atoms with Crippen molar-refractivity contribution in [1.82, 2.24) is 4.98 Å². The van der Waals surface area contributed by atoms with E-state index in [2.05, 4.69) is 23.7 Å². The van der Waals surface area contributed by atoms with E-state index in [0.717, 1.165) is 36.7 Å². The monoisotopic (exact) mass is 331 g/mol. The average molecular weight is 331 g/mol. The lowest BCUT2D eigenvalue weighted by atomic mass is 9.69. The summed E-state index contributed by atoms with van der Waals surface area (Å²) < 4.78 is 26.0. The van der Waals surface area contributed by atoms with Crippen LogP contribution in [0, 0.1) is 47.3 Å². The van der Waals surface area contributed by atoms with Crippen molar-refractivity contribution in [3.63, 3.8) is 0 Å². The highest BCUT2D eigenvalue weighted by Crippen LogP contribution is 2.41. The highest BCUT2D eigenvalue weighted by atomic mass is 19.2. The molecule has 1 nitrogen and oxygen atoms in total. The van der Waals surface area contributed by atoms with Crippen LogP contribution in [0.1, 0.15) is 70.3 Å². The molecule has 3 rings (SSSR count). The van der Waals surface area contributed by atoms with E-state index in [9.17, 15) is 8.78 Å². The van der Waals surface area contributed by atoms with Gasteiger partial charge >= 0.3 is 0 Å². The summed E-state index contributed by atoms with van der Waals surface area (Å²) in [7, 11) is 0. The van der Waals surface area contributed by atoms with Crippen molar-refractivity contribution in [3.05, 3.63) is 29.6 Å². The average Bonchev–Trinajstić information content (AvgIpc) is 2.63. The molecule has 0 N–H and O–H groups in total. The molecule has 2 aliphatic rings. The van der Waals surface area contributed by atoms with E-state index in [1.165, 1.54) is 51.1 Å². The maximum absolute atomic E-state index is 13.1. The van der Waals surface area contributed by atoms with Crippen LogP contribution in [0.5, 0.6) is 0 Å². The Morgan fingerprint density at radius 3 is 2.21 bits per heavy atom. The van der Waals surface area contributed by atoms with E-state index < -0.39 is 11.8 Å². The second-order valence-electron chi connectivity index (χ2n) is 7.57. The van der Waals surface area contributed by atoms with Gasteiger partial charge in [-0.05, 0) is 62.3 Å². The van der Waals surface area contributed by atoms with Crippen molar-refractivity contribution in [3.8, 4) is 11.8 Å². The molecule has 0 saturated heterocycles. The smallest absolute Gasteiger partial charge is 0.224 e. The van der Waals surface area contributed by atoms with E-state index >= 15 is 0 Å². The van der Waals surface area contributed by atoms with Crippen LogP contribution >= 0.6 is 0 Å². The first-order valence-corrected chi connectivity index (χ1v) is 9.48. The molecule has 24 heavy (non-hydrogen) atoms. The third-order valence-electron chi connectivity index (χ3n) is 6.12. The molecule has 0 unspecified atom stereocenters. The topological polar surface area (TPSA) is 12.9 Å². The van der Waals surface area contributed by atoms with Crippen LogP contribution < -0.4 is 0 Å². The molecule has 1 aromatic rings. The SMILES string of the molecule is CC[C@H]1CC[C@H]([C@H]2CC[C@H](C#Cc3cnc(F)c(F)c3)CC2)CC1. The molecule has 0 radical (unpaired) electrons. The van der Waals surface area contributed by atoms with E-state index in [1.54, 1.807) is 0 Å². The maximum Gasteiger partial charge on any atom is 0.248 e. The minimum atomic E-state index is -1.06. The summed E-state index contributed by atoms with van der Waals surface area (Å²) in [6, 6.07) is 1.13. The second kappa shape index (κ2) is 8.10. The third-order valence-corrected chi connectivity index (χ3v) is 6.12. The lowest BCUT2D eigenvalue weighted by molar-refractivity contribution is 0.156. The Morgan fingerprint density at radius 1 is 1.00 bits per heavy atom. The molecule has 1 heterocycles. The standard InChI is InChI=1S/C21H27F2N/c1-2-15-5-9-18(10-6-15)19-11-7-16(8-12-19)3-4-17-13-20(22)21(23)24-14-17/h13-16,18-19H,2,5-12H2,1H3/t15-,16-,18-,19-. The number of rotatable bonds is 2. The van der Waals surface area contributed by atoms with Gasteiger partial charge < -0.3 is 0 Å². The highest BCUT2D eigenvalue weighted by Gasteiger charge is 2.29. The van der Waals surface area contributed by atoms with Crippen LogP contribution in [-0.4, -0.2) is 4.98 Å². The molecular formula is C21H27F2N. The Bertz CT molecular complexity index is 600. The molecular weight excluding hydrogens is 304 g/mol.